The molecule has 0 saturated heterocycles. The minimum Gasteiger partial charge on any atom is -0.323 e. The van der Waals surface area contributed by atoms with E-state index in [-0.39, 0.29) is 10.6 Å². The summed E-state index contributed by atoms with van der Waals surface area (Å²) in [6.07, 6.45) is 6.39. The average Bonchev–Trinajstić information content (AvgIpc) is 2.80. The summed E-state index contributed by atoms with van der Waals surface area (Å²) >= 11 is 0. The van der Waals surface area contributed by atoms with Gasteiger partial charge in [-0.1, -0.05) is 6.08 Å². The number of allylic oxidation sites excluding steroid dienone is 4. The van der Waals surface area contributed by atoms with Gasteiger partial charge in [0.15, 0.2) is 0 Å². The lowest BCUT2D eigenvalue weighted by Gasteiger charge is -2.17. The molecule has 0 radical (unpaired) electrons. The van der Waals surface area contributed by atoms with Crippen LogP contribution in [0.4, 0.5) is 0 Å². The van der Waals surface area contributed by atoms with E-state index in [2.05, 4.69) is 15.6 Å². The molecule has 0 aromatic heterocycles. The van der Waals surface area contributed by atoms with Gasteiger partial charge in [-0.2, -0.15) is 18.6 Å². The van der Waals surface area contributed by atoms with Crippen molar-refractivity contribution in [2.75, 3.05) is 0 Å². The van der Waals surface area contributed by atoms with Gasteiger partial charge in [0.2, 0.25) is 0 Å². The zero-order valence-electron chi connectivity index (χ0n) is 8.66. The van der Waals surface area contributed by atoms with Crippen LogP contribution in [0, 0.1) is 0 Å². The first-order valence-corrected chi connectivity index (χ1v) is 6.13. The highest BCUT2D eigenvalue weighted by Crippen LogP contribution is 2.27. The highest BCUT2D eigenvalue weighted by molar-refractivity contribution is 7.90. The molecule has 2 rings (SSSR count). The number of nitrogens with two attached hydrogens (primary N) is 1. The van der Waals surface area contributed by atoms with Gasteiger partial charge in [-0.05, 0) is 18.1 Å². The standard InChI is InChI=1S/C9H10N4O3S/c10-13-9-7(6-4-11-12-5-6)2-1-3-8(9)17(14,15)16/h1,3-5,13H,2,10H2,(H,14,15,16). The largest absolute Gasteiger partial charge is 0.323 e. The maximum absolute atomic E-state index is 11.2. The molecule has 0 bridgehead atoms. The van der Waals surface area contributed by atoms with Crippen LogP contribution in [0.5, 0.6) is 0 Å². The van der Waals surface area contributed by atoms with Crippen LogP contribution < -0.4 is 11.3 Å². The number of hydrazine groups is 1. The molecular formula is C9H10N4O3S. The van der Waals surface area contributed by atoms with E-state index in [1.165, 1.54) is 18.5 Å². The minimum absolute atomic E-state index is 0.157. The quantitative estimate of drug-likeness (QED) is 0.360. The van der Waals surface area contributed by atoms with Crippen molar-refractivity contribution < 1.29 is 13.0 Å². The zero-order valence-corrected chi connectivity index (χ0v) is 9.48. The molecule has 90 valence electrons. The van der Waals surface area contributed by atoms with Gasteiger partial charge in [-0.3, -0.25) is 10.4 Å². The molecular weight excluding hydrogens is 244 g/mol. The van der Waals surface area contributed by atoms with E-state index >= 15 is 0 Å². The fourth-order valence-electron chi connectivity index (χ4n) is 1.63. The molecule has 1 aliphatic carbocycles. The van der Waals surface area contributed by atoms with Crippen LogP contribution in [0.2, 0.25) is 0 Å². The number of hydrogen-bond acceptors (Lipinski definition) is 6. The third kappa shape index (κ3) is 2.18. The molecule has 1 heterocycles. The summed E-state index contributed by atoms with van der Waals surface area (Å²) in [6.45, 7) is 0. The van der Waals surface area contributed by atoms with Gasteiger partial charge in [0.05, 0.1) is 18.1 Å². The average molecular weight is 254 g/mol. The summed E-state index contributed by atoms with van der Waals surface area (Å²) in [5.41, 5.74) is 3.73. The van der Waals surface area contributed by atoms with Crippen molar-refractivity contribution in [3.63, 3.8) is 0 Å². The molecule has 17 heavy (non-hydrogen) atoms. The topological polar surface area (TPSA) is 117 Å². The van der Waals surface area contributed by atoms with Crippen LogP contribution in [-0.2, 0) is 10.1 Å². The lowest BCUT2D eigenvalue weighted by Crippen LogP contribution is -2.27. The summed E-state index contributed by atoms with van der Waals surface area (Å²) in [4.78, 5) is -0.262. The van der Waals surface area contributed by atoms with Gasteiger partial charge in [0.1, 0.15) is 4.91 Å². The first-order chi connectivity index (χ1) is 8.04. The maximum atomic E-state index is 11.2. The Hall–Kier alpha value is -1.77. The SMILES string of the molecule is NNC1=C(S(=O)(=O)O)C=CCC1=C1C=NN=C1. The Labute approximate surface area is 97.8 Å². The maximum Gasteiger partial charge on any atom is 0.296 e. The van der Waals surface area contributed by atoms with Crippen molar-refractivity contribution in [1.82, 2.24) is 5.43 Å². The van der Waals surface area contributed by atoms with Gasteiger partial charge in [-0.25, -0.2) is 0 Å². The zero-order chi connectivity index (χ0) is 12.5. The Morgan fingerprint density at radius 3 is 2.53 bits per heavy atom. The molecule has 0 fully saturated rings. The Kier molecular flexibility index (Phi) is 2.92. The van der Waals surface area contributed by atoms with Crippen LogP contribution >= 0.6 is 0 Å². The molecule has 0 aromatic carbocycles. The molecule has 7 nitrogen and oxygen atoms in total. The van der Waals surface area contributed by atoms with Crippen molar-refractivity contribution in [1.29, 1.82) is 0 Å². The van der Waals surface area contributed by atoms with E-state index in [0.717, 1.165) is 0 Å². The van der Waals surface area contributed by atoms with E-state index in [1.807, 2.05) is 0 Å². The van der Waals surface area contributed by atoms with Gasteiger partial charge >= 0.3 is 0 Å². The van der Waals surface area contributed by atoms with Crippen molar-refractivity contribution in [3.05, 3.63) is 33.9 Å². The second-order valence-corrected chi connectivity index (χ2v) is 4.78. The van der Waals surface area contributed by atoms with Crippen LogP contribution in [0.25, 0.3) is 0 Å². The van der Waals surface area contributed by atoms with Crippen molar-refractivity contribution >= 4 is 22.5 Å². The minimum atomic E-state index is -4.32. The van der Waals surface area contributed by atoms with Crippen molar-refractivity contribution in [2.24, 2.45) is 16.0 Å². The lowest BCUT2D eigenvalue weighted by molar-refractivity contribution is 0.491. The van der Waals surface area contributed by atoms with E-state index in [1.54, 1.807) is 6.08 Å². The third-order valence-electron chi connectivity index (χ3n) is 2.37. The molecule has 0 saturated carbocycles. The van der Waals surface area contributed by atoms with Crippen LogP contribution in [0.15, 0.2) is 44.1 Å². The highest BCUT2D eigenvalue weighted by Gasteiger charge is 2.24. The monoisotopic (exact) mass is 254 g/mol. The van der Waals surface area contributed by atoms with Gasteiger partial charge < -0.3 is 5.43 Å². The fourth-order valence-corrected chi connectivity index (χ4v) is 2.34. The number of nitrogens with one attached hydrogen (secondary N) is 1. The van der Waals surface area contributed by atoms with E-state index in [0.29, 0.717) is 17.6 Å². The predicted molar refractivity (Wildman–Crippen MR) is 63.7 cm³/mol. The summed E-state index contributed by atoms with van der Waals surface area (Å²) in [7, 11) is -4.32. The molecule has 0 spiro atoms. The first kappa shape index (κ1) is 11.7. The molecule has 0 atom stereocenters. The van der Waals surface area contributed by atoms with E-state index in [4.69, 9.17) is 10.4 Å². The molecule has 0 unspecified atom stereocenters. The number of nitrogens with zero attached hydrogens (tertiary/aromatic N) is 2. The Morgan fingerprint density at radius 1 is 1.35 bits per heavy atom. The Bertz CT molecular complexity index is 582. The molecule has 0 aromatic rings. The highest BCUT2D eigenvalue weighted by atomic mass is 32.2. The normalized spacial score (nSPS) is 19.4. The summed E-state index contributed by atoms with van der Waals surface area (Å²) in [5, 5.41) is 7.31. The van der Waals surface area contributed by atoms with E-state index in [9.17, 15) is 8.42 Å². The molecule has 1 aliphatic heterocycles. The smallest absolute Gasteiger partial charge is 0.296 e. The molecule has 2 aliphatic rings. The van der Waals surface area contributed by atoms with Crippen LogP contribution in [0.3, 0.4) is 0 Å². The van der Waals surface area contributed by atoms with Gasteiger partial charge in [0, 0.05) is 5.57 Å². The van der Waals surface area contributed by atoms with Gasteiger partial charge in [-0.15, -0.1) is 0 Å². The molecule has 0 amide bonds. The lowest BCUT2D eigenvalue weighted by atomic mass is 9.99. The summed E-state index contributed by atoms with van der Waals surface area (Å²) in [6, 6.07) is 0. The first-order valence-electron chi connectivity index (χ1n) is 4.69. The number of hydrogen-bond donors (Lipinski definition) is 3. The fraction of sp³-hybridized carbons (Fsp3) is 0.111. The van der Waals surface area contributed by atoms with Crippen molar-refractivity contribution in [3.8, 4) is 0 Å². The van der Waals surface area contributed by atoms with Gasteiger partial charge in [0.25, 0.3) is 10.1 Å². The predicted octanol–water partition coefficient (Wildman–Crippen LogP) is -0.124. The molecule has 8 heteroatoms. The summed E-state index contributed by atoms with van der Waals surface area (Å²) < 4.78 is 31.4. The second kappa shape index (κ2) is 4.24. The van der Waals surface area contributed by atoms with E-state index < -0.39 is 10.1 Å². The Balaban J connectivity index is 2.64. The second-order valence-electron chi connectivity index (χ2n) is 3.39. The Morgan fingerprint density at radius 2 is 2.00 bits per heavy atom. The van der Waals surface area contributed by atoms with Crippen LogP contribution in [-0.4, -0.2) is 25.4 Å². The van der Waals surface area contributed by atoms with Crippen molar-refractivity contribution in [2.45, 2.75) is 6.42 Å². The third-order valence-corrected chi connectivity index (χ3v) is 3.27. The van der Waals surface area contributed by atoms with Crippen LogP contribution in [0.1, 0.15) is 6.42 Å². The molecule has 4 N–H and O–H groups in total. The summed E-state index contributed by atoms with van der Waals surface area (Å²) in [5.74, 6) is 5.31. The number of rotatable bonds is 2.